The molecule has 1 aliphatic rings. The second-order valence-electron chi connectivity index (χ2n) is 6.04. The van der Waals surface area contributed by atoms with Crippen LogP contribution in [0.5, 0.6) is 0 Å². The van der Waals surface area contributed by atoms with Gasteiger partial charge in [0.05, 0.1) is 30.5 Å². The monoisotopic (exact) mass is 326 g/mol. The summed E-state index contributed by atoms with van der Waals surface area (Å²) in [7, 11) is 0. The molecule has 3 aromatic heterocycles. The number of pyridine rings is 1. The van der Waals surface area contributed by atoms with Crippen molar-refractivity contribution < 1.29 is 4.79 Å². The Hall–Kier alpha value is -2.74. The molecule has 0 spiro atoms. The van der Waals surface area contributed by atoms with Gasteiger partial charge in [0.25, 0.3) is 5.56 Å². The molecule has 0 saturated carbocycles. The Kier molecular flexibility index (Phi) is 3.53. The highest BCUT2D eigenvalue weighted by Crippen LogP contribution is 2.27. The predicted molar refractivity (Wildman–Crippen MR) is 89.6 cm³/mol. The van der Waals surface area contributed by atoms with Crippen LogP contribution in [0.4, 0.5) is 0 Å². The molecule has 1 aliphatic heterocycles. The number of nitrogens with two attached hydrogens (primary N) is 1. The Labute approximate surface area is 137 Å². The van der Waals surface area contributed by atoms with Crippen LogP contribution in [0.3, 0.4) is 0 Å². The van der Waals surface area contributed by atoms with Crippen molar-refractivity contribution in [3.05, 3.63) is 35.0 Å². The summed E-state index contributed by atoms with van der Waals surface area (Å²) in [6, 6.07) is 1.81. The van der Waals surface area contributed by atoms with E-state index in [1.165, 1.54) is 6.20 Å². The molecule has 0 radical (unpaired) electrons. The molecule has 3 N–H and O–H groups in total. The Morgan fingerprint density at radius 2 is 2.25 bits per heavy atom. The first kappa shape index (κ1) is 14.8. The average molecular weight is 326 g/mol. The summed E-state index contributed by atoms with van der Waals surface area (Å²) in [5.41, 5.74) is 7.47. The summed E-state index contributed by atoms with van der Waals surface area (Å²) in [5, 5.41) is 0.861. The zero-order chi connectivity index (χ0) is 16.7. The van der Waals surface area contributed by atoms with Crippen LogP contribution in [0.1, 0.15) is 18.9 Å². The lowest BCUT2D eigenvalue weighted by molar-refractivity contribution is -0.131. The number of fused-ring (bicyclic) bond motifs is 3. The predicted octanol–water partition coefficient (Wildman–Crippen LogP) is 0.395. The Balaban J connectivity index is 1.89. The second kappa shape index (κ2) is 5.72. The van der Waals surface area contributed by atoms with Crippen LogP contribution in [-0.4, -0.2) is 50.0 Å². The molecule has 1 fully saturated rings. The summed E-state index contributed by atoms with van der Waals surface area (Å²) >= 11 is 0. The second-order valence-corrected chi connectivity index (χ2v) is 6.04. The van der Waals surface area contributed by atoms with Crippen LogP contribution >= 0.6 is 0 Å². The number of likely N-dealkylation sites (tertiary alicyclic amines) is 1. The molecule has 3 aromatic rings. The molecule has 8 nitrogen and oxygen atoms in total. The van der Waals surface area contributed by atoms with Gasteiger partial charge >= 0.3 is 0 Å². The number of nitrogens with one attached hydrogen (secondary N) is 1. The Morgan fingerprint density at radius 3 is 3.08 bits per heavy atom. The van der Waals surface area contributed by atoms with E-state index in [0.29, 0.717) is 24.3 Å². The molecule has 1 saturated heterocycles. The van der Waals surface area contributed by atoms with Crippen LogP contribution in [-0.2, 0) is 4.79 Å². The summed E-state index contributed by atoms with van der Waals surface area (Å²) in [6.45, 7) is 1.17. The van der Waals surface area contributed by atoms with Gasteiger partial charge in [0.15, 0.2) is 0 Å². The van der Waals surface area contributed by atoms with Gasteiger partial charge in [0.1, 0.15) is 11.2 Å². The number of nitrogens with zero attached hydrogens (tertiary/aromatic N) is 4. The van der Waals surface area contributed by atoms with Crippen molar-refractivity contribution in [2.75, 3.05) is 19.6 Å². The molecule has 0 aromatic carbocycles. The largest absolute Gasteiger partial charge is 0.346 e. The van der Waals surface area contributed by atoms with Crippen LogP contribution in [0, 0.1) is 0 Å². The van der Waals surface area contributed by atoms with Gasteiger partial charge in [-0.15, -0.1) is 0 Å². The minimum absolute atomic E-state index is 0.00924. The highest BCUT2D eigenvalue weighted by Gasteiger charge is 2.26. The highest BCUT2D eigenvalue weighted by atomic mass is 16.2. The molecule has 1 atom stereocenters. The number of rotatable bonds is 2. The first-order chi connectivity index (χ1) is 11.7. The minimum Gasteiger partial charge on any atom is -0.346 e. The van der Waals surface area contributed by atoms with Gasteiger partial charge < -0.3 is 15.6 Å². The fourth-order valence-corrected chi connectivity index (χ4v) is 3.51. The molecule has 124 valence electrons. The number of piperidine rings is 1. The fraction of sp³-hybridized carbons (Fsp3) is 0.375. The average Bonchev–Trinajstić information content (AvgIpc) is 3.10. The van der Waals surface area contributed by atoms with E-state index in [-0.39, 0.29) is 24.1 Å². The number of aromatic amines is 1. The third-order valence-electron chi connectivity index (χ3n) is 4.62. The SMILES string of the molecule is NCC(=O)N1CCC[C@@H](n2c(=O)cnc3cnc4[nH]ccc4c32)C1. The van der Waals surface area contributed by atoms with Crippen LogP contribution in [0.25, 0.3) is 22.1 Å². The van der Waals surface area contributed by atoms with Crippen molar-refractivity contribution in [3.63, 3.8) is 0 Å². The van der Waals surface area contributed by atoms with E-state index < -0.39 is 0 Å². The maximum Gasteiger partial charge on any atom is 0.269 e. The molecule has 24 heavy (non-hydrogen) atoms. The molecule has 8 heteroatoms. The normalized spacial score (nSPS) is 18.4. The van der Waals surface area contributed by atoms with E-state index in [1.807, 2.05) is 6.07 Å². The van der Waals surface area contributed by atoms with Gasteiger partial charge in [-0.1, -0.05) is 0 Å². The van der Waals surface area contributed by atoms with Gasteiger partial charge in [-0.3, -0.25) is 14.2 Å². The number of carbonyl (C=O) groups is 1. The molecular formula is C16H18N6O2. The first-order valence-corrected chi connectivity index (χ1v) is 8.00. The van der Waals surface area contributed by atoms with Crippen molar-refractivity contribution in [3.8, 4) is 0 Å². The van der Waals surface area contributed by atoms with Crippen molar-refractivity contribution in [1.29, 1.82) is 0 Å². The van der Waals surface area contributed by atoms with Crippen LogP contribution in [0.2, 0.25) is 0 Å². The lowest BCUT2D eigenvalue weighted by Crippen LogP contribution is -2.45. The summed E-state index contributed by atoms with van der Waals surface area (Å²) in [4.78, 5) is 37.9. The van der Waals surface area contributed by atoms with Gasteiger partial charge in [0, 0.05) is 24.7 Å². The third kappa shape index (κ3) is 2.26. The number of H-pyrrole nitrogens is 1. The molecule has 1 amide bonds. The number of hydrogen-bond acceptors (Lipinski definition) is 5. The Bertz CT molecular complexity index is 976. The number of amides is 1. The van der Waals surface area contributed by atoms with Crippen LogP contribution in [0.15, 0.2) is 29.5 Å². The van der Waals surface area contributed by atoms with Crippen molar-refractivity contribution in [2.24, 2.45) is 5.73 Å². The third-order valence-corrected chi connectivity index (χ3v) is 4.62. The summed E-state index contributed by atoms with van der Waals surface area (Å²) in [6.07, 6.45) is 6.46. The minimum atomic E-state index is -0.164. The van der Waals surface area contributed by atoms with Crippen LogP contribution < -0.4 is 11.3 Å². The lowest BCUT2D eigenvalue weighted by atomic mass is 10.0. The van der Waals surface area contributed by atoms with Crippen molar-refractivity contribution in [1.82, 2.24) is 24.4 Å². The topological polar surface area (TPSA) is 110 Å². The van der Waals surface area contributed by atoms with Gasteiger partial charge in [0.2, 0.25) is 5.91 Å². The molecule has 4 rings (SSSR count). The summed E-state index contributed by atoms with van der Waals surface area (Å²) in [5.74, 6) is -0.0837. The van der Waals surface area contributed by atoms with Crippen molar-refractivity contribution >= 4 is 28.0 Å². The smallest absolute Gasteiger partial charge is 0.269 e. The van der Waals surface area contributed by atoms with E-state index in [0.717, 1.165) is 23.7 Å². The quantitative estimate of drug-likeness (QED) is 0.708. The van der Waals surface area contributed by atoms with Gasteiger partial charge in [-0.25, -0.2) is 9.97 Å². The maximum absolute atomic E-state index is 12.6. The zero-order valence-corrected chi connectivity index (χ0v) is 13.1. The number of carbonyl (C=O) groups excluding carboxylic acids is 1. The zero-order valence-electron chi connectivity index (χ0n) is 13.1. The lowest BCUT2D eigenvalue weighted by Gasteiger charge is -2.34. The van der Waals surface area contributed by atoms with E-state index in [4.69, 9.17) is 5.73 Å². The van der Waals surface area contributed by atoms with E-state index in [9.17, 15) is 9.59 Å². The van der Waals surface area contributed by atoms with E-state index in [1.54, 1.807) is 21.9 Å². The van der Waals surface area contributed by atoms with Gasteiger partial charge in [-0.2, -0.15) is 0 Å². The first-order valence-electron chi connectivity index (χ1n) is 8.00. The molecule has 0 aliphatic carbocycles. The molecule has 4 heterocycles. The number of aromatic nitrogens is 4. The standard InChI is InChI=1S/C16H18N6O2/c17-6-13(23)21-5-1-2-10(9-21)22-14(24)8-19-12-7-20-16-11(15(12)22)3-4-18-16/h3-4,7-8,10H,1-2,5-6,9,17H2,(H,18,20)/t10-/m1/s1. The molecule has 0 bridgehead atoms. The maximum atomic E-state index is 12.6. The molecule has 0 unspecified atom stereocenters. The van der Waals surface area contributed by atoms with E-state index >= 15 is 0 Å². The van der Waals surface area contributed by atoms with E-state index in [2.05, 4.69) is 15.0 Å². The Morgan fingerprint density at radius 1 is 1.38 bits per heavy atom. The summed E-state index contributed by atoms with van der Waals surface area (Å²) < 4.78 is 1.76. The van der Waals surface area contributed by atoms with Gasteiger partial charge in [-0.05, 0) is 18.9 Å². The van der Waals surface area contributed by atoms with Crippen molar-refractivity contribution in [2.45, 2.75) is 18.9 Å². The molecular weight excluding hydrogens is 308 g/mol. The fourth-order valence-electron chi connectivity index (χ4n) is 3.51. The number of hydrogen-bond donors (Lipinski definition) is 2. The highest BCUT2D eigenvalue weighted by molar-refractivity contribution is 6.00.